The fourth-order valence-corrected chi connectivity index (χ4v) is 6.19. The number of aliphatic imine (C=N–C) groups is 1. The first-order valence-corrected chi connectivity index (χ1v) is 11.2. The normalized spacial score (nSPS) is 20.3. The maximum absolute atomic E-state index is 5.83. The van der Waals surface area contributed by atoms with Crippen molar-refractivity contribution in [1.82, 2.24) is 5.09 Å². The van der Waals surface area contributed by atoms with Crippen LogP contribution < -0.4 is 5.09 Å². The summed E-state index contributed by atoms with van der Waals surface area (Å²) in [6.07, 6.45) is 9.01. The van der Waals surface area contributed by atoms with Crippen LogP contribution in [0.5, 0.6) is 0 Å². The van der Waals surface area contributed by atoms with E-state index < -0.39 is 5.62 Å². The van der Waals surface area contributed by atoms with Gasteiger partial charge in [0.25, 0.3) is 0 Å². The lowest BCUT2D eigenvalue weighted by atomic mass is 10.3. The Morgan fingerprint density at radius 3 is 2.72 bits per heavy atom. The average Bonchev–Trinajstić information content (AvgIpc) is 2.87. The molecule has 0 bridgehead atoms. The van der Waals surface area contributed by atoms with E-state index in [0.29, 0.717) is 6.04 Å². The molecule has 1 saturated carbocycles. The molecule has 6 heteroatoms. The van der Waals surface area contributed by atoms with E-state index in [1.54, 1.807) is 11.4 Å². The Morgan fingerprint density at radius 2 is 2.11 bits per heavy atom. The molecule has 0 heterocycles. The second-order valence-electron chi connectivity index (χ2n) is 4.51. The molecule has 106 valence electrons. The Bertz CT molecular complexity index is 282. The molecule has 0 saturated heterocycles. The number of hydrogen-bond acceptors (Lipinski definition) is 4. The Balaban J connectivity index is 2.40. The zero-order valence-corrected chi connectivity index (χ0v) is 14.0. The fraction of sp³-hybridized carbons (Fsp3) is 0.917. The molecular formula is C12H25N2OPS2. The molecular weight excluding hydrogens is 283 g/mol. The number of nitrogens with one attached hydrogen (secondary N) is 1. The zero-order valence-electron chi connectivity index (χ0n) is 11.4. The van der Waals surface area contributed by atoms with Gasteiger partial charge in [-0.3, -0.25) is 4.99 Å². The first-order chi connectivity index (χ1) is 8.70. The highest BCUT2D eigenvalue weighted by Gasteiger charge is 2.17. The van der Waals surface area contributed by atoms with Crippen LogP contribution in [0.1, 0.15) is 52.4 Å². The van der Waals surface area contributed by atoms with Crippen molar-refractivity contribution in [1.29, 1.82) is 0 Å². The quantitative estimate of drug-likeness (QED) is 0.390. The molecule has 1 aliphatic rings. The van der Waals surface area contributed by atoms with Crippen LogP contribution in [0.3, 0.4) is 0 Å². The predicted molar refractivity (Wildman–Crippen MR) is 87.2 cm³/mol. The van der Waals surface area contributed by atoms with Crippen molar-refractivity contribution in [2.45, 2.75) is 58.4 Å². The monoisotopic (exact) mass is 308 g/mol. The molecule has 1 aliphatic carbocycles. The molecule has 0 amide bonds. The van der Waals surface area contributed by atoms with E-state index in [9.17, 15) is 0 Å². The molecule has 0 aromatic carbocycles. The molecule has 1 N–H and O–H groups in total. The highest BCUT2D eigenvalue weighted by Crippen LogP contribution is 2.56. The van der Waals surface area contributed by atoms with Gasteiger partial charge in [-0.05, 0) is 37.5 Å². The summed E-state index contributed by atoms with van der Waals surface area (Å²) in [7, 11) is 0. The Hall–Kier alpha value is 0.430. The minimum Gasteiger partial charge on any atom is -0.326 e. The van der Waals surface area contributed by atoms with E-state index in [2.05, 4.69) is 23.9 Å². The minimum atomic E-state index is -1.96. The van der Waals surface area contributed by atoms with Gasteiger partial charge in [0.15, 0.2) is 0 Å². The van der Waals surface area contributed by atoms with E-state index in [4.69, 9.17) is 16.3 Å². The van der Waals surface area contributed by atoms with Gasteiger partial charge in [0.2, 0.25) is 5.62 Å². The van der Waals surface area contributed by atoms with E-state index >= 15 is 0 Å². The summed E-state index contributed by atoms with van der Waals surface area (Å²) >= 11 is 7.37. The third kappa shape index (κ3) is 6.55. The highest BCUT2D eigenvalue weighted by molar-refractivity contribution is 8.68. The van der Waals surface area contributed by atoms with Crippen molar-refractivity contribution >= 4 is 35.1 Å². The van der Waals surface area contributed by atoms with Crippen molar-refractivity contribution in [3.05, 3.63) is 0 Å². The smallest absolute Gasteiger partial charge is 0.211 e. The lowest BCUT2D eigenvalue weighted by molar-refractivity contribution is 0.356. The van der Waals surface area contributed by atoms with Gasteiger partial charge in [0.05, 0.1) is 19.0 Å². The predicted octanol–water partition coefficient (Wildman–Crippen LogP) is 4.34. The summed E-state index contributed by atoms with van der Waals surface area (Å²) in [5.41, 5.74) is -1.96. The van der Waals surface area contributed by atoms with Crippen molar-refractivity contribution in [3.8, 4) is 0 Å². The van der Waals surface area contributed by atoms with Crippen LogP contribution in [0.2, 0.25) is 0 Å². The van der Waals surface area contributed by atoms with Crippen LogP contribution in [0.4, 0.5) is 0 Å². The van der Waals surface area contributed by atoms with Gasteiger partial charge in [0, 0.05) is 5.75 Å². The second-order valence-corrected chi connectivity index (χ2v) is 11.2. The fourth-order valence-electron chi connectivity index (χ4n) is 1.80. The maximum atomic E-state index is 5.83. The number of nitrogens with zero attached hydrogens (tertiary/aromatic N) is 1. The molecule has 1 fully saturated rings. The molecule has 0 aliphatic heterocycles. The first kappa shape index (κ1) is 16.5. The van der Waals surface area contributed by atoms with Crippen LogP contribution in [0.15, 0.2) is 4.99 Å². The Morgan fingerprint density at radius 1 is 1.39 bits per heavy atom. The molecule has 0 aromatic rings. The van der Waals surface area contributed by atoms with Crippen molar-refractivity contribution in [2.24, 2.45) is 4.99 Å². The minimum absolute atomic E-state index is 0.503. The number of rotatable bonds is 9. The van der Waals surface area contributed by atoms with Crippen molar-refractivity contribution < 1.29 is 4.52 Å². The first-order valence-electron chi connectivity index (χ1n) is 6.88. The second kappa shape index (κ2) is 9.35. The molecule has 3 nitrogen and oxygen atoms in total. The largest absolute Gasteiger partial charge is 0.326 e. The van der Waals surface area contributed by atoms with Crippen molar-refractivity contribution in [2.75, 3.05) is 12.4 Å². The number of hydrogen-bond donors (Lipinski definition) is 1. The van der Waals surface area contributed by atoms with Gasteiger partial charge in [-0.15, -0.1) is 0 Å². The van der Waals surface area contributed by atoms with Gasteiger partial charge in [-0.1, -0.05) is 38.1 Å². The van der Waals surface area contributed by atoms with Crippen LogP contribution in [-0.2, 0) is 16.3 Å². The van der Waals surface area contributed by atoms with Gasteiger partial charge in [0.1, 0.15) is 0 Å². The third-order valence-electron chi connectivity index (χ3n) is 2.76. The van der Waals surface area contributed by atoms with Gasteiger partial charge in [-0.2, -0.15) is 0 Å². The molecule has 0 radical (unpaired) electrons. The summed E-state index contributed by atoms with van der Waals surface area (Å²) in [4.78, 5) is 4.56. The topological polar surface area (TPSA) is 33.6 Å². The molecule has 0 aromatic heterocycles. The SMILES string of the molecule is CCCOP(=S)(NC=NC1CCCC1)SCCC. The lowest BCUT2D eigenvalue weighted by Crippen LogP contribution is -2.11. The van der Waals surface area contributed by atoms with E-state index in [1.165, 1.54) is 25.7 Å². The molecule has 1 unspecified atom stereocenters. The van der Waals surface area contributed by atoms with Crippen LogP contribution >= 0.6 is 17.0 Å². The van der Waals surface area contributed by atoms with E-state index in [-0.39, 0.29) is 0 Å². The van der Waals surface area contributed by atoms with Crippen LogP contribution in [0, 0.1) is 0 Å². The van der Waals surface area contributed by atoms with Gasteiger partial charge < -0.3 is 9.61 Å². The van der Waals surface area contributed by atoms with Crippen molar-refractivity contribution in [3.63, 3.8) is 0 Å². The summed E-state index contributed by atoms with van der Waals surface area (Å²) in [5.74, 6) is 1.05. The molecule has 0 spiro atoms. The summed E-state index contributed by atoms with van der Waals surface area (Å²) in [6.45, 7) is 5.01. The summed E-state index contributed by atoms with van der Waals surface area (Å²) < 4.78 is 5.83. The molecule has 18 heavy (non-hydrogen) atoms. The lowest BCUT2D eigenvalue weighted by Gasteiger charge is -2.20. The Kier molecular flexibility index (Phi) is 8.56. The van der Waals surface area contributed by atoms with E-state index in [0.717, 1.165) is 25.2 Å². The third-order valence-corrected chi connectivity index (χ3v) is 8.42. The standard InChI is InChI=1S/C12H25N2OPS2/c1-3-9-15-16(17,18-10-4-2)14-11-13-12-7-5-6-8-12/h11-12H,3-10H2,1-2H3,(H,13,14,17). The molecule has 1 rings (SSSR count). The van der Waals surface area contributed by atoms with Gasteiger partial charge in [-0.25, -0.2) is 0 Å². The molecule has 1 atom stereocenters. The summed E-state index contributed by atoms with van der Waals surface area (Å²) in [5, 5.41) is 3.27. The highest BCUT2D eigenvalue weighted by atomic mass is 32.9. The maximum Gasteiger partial charge on any atom is 0.211 e. The van der Waals surface area contributed by atoms with E-state index in [1.807, 2.05) is 6.34 Å². The van der Waals surface area contributed by atoms with Gasteiger partial charge >= 0.3 is 0 Å². The van der Waals surface area contributed by atoms with Crippen LogP contribution in [-0.4, -0.2) is 24.7 Å². The summed E-state index contributed by atoms with van der Waals surface area (Å²) in [6, 6.07) is 0.503. The Labute approximate surface area is 120 Å². The average molecular weight is 308 g/mol. The van der Waals surface area contributed by atoms with Crippen LogP contribution in [0.25, 0.3) is 0 Å². The zero-order chi connectivity index (χ0) is 13.3.